The Morgan fingerprint density at radius 2 is 2.00 bits per heavy atom. The molecular weight excluding hydrogens is 274 g/mol. The zero-order valence-electron chi connectivity index (χ0n) is 11.3. The molecule has 0 atom stereocenters. The second kappa shape index (κ2) is 4.78. The summed E-state index contributed by atoms with van der Waals surface area (Å²) in [5, 5.41) is 15.7. The van der Waals surface area contributed by atoms with Gasteiger partial charge in [0.05, 0.1) is 10.6 Å². The third kappa shape index (κ3) is 2.14. The Morgan fingerprint density at radius 1 is 1.24 bits per heavy atom. The lowest BCUT2D eigenvalue weighted by atomic mass is 10.4. The summed E-state index contributed by atoms with van der Waals surface area (Å²) in [6.07, 6.45) is 5.82. The van der Waals surface area contributed by atoms with Crippen LogP contribution in [0.5, 0.6) is 0 Å². The number of imidazole rings is 1. The maximum absolute atomic E-state index is 11.5. The summed E-state index contributed by atoms with van der Waals surface area (Å²) in [6, 6.07) is 1.82. The standard InChI is InChI=1S/C12H11N7O2/c1-8-5-9(2)18(16-8)12-10(19(20)21)11(14-6-15-12)17-4-3-13-7-17/h3-7H,1-2H3. The van der Waals surface area contributed by atoms with E-state index < -0.39 is 4.92 Å². The third-order valence-electron chi connectivity index (χ3n) is 2.93. The first-order valence-electron chi connectivity index (χ1n) is 6.09. The number of hydrogen-bond acceptors (Lipinski definition) is 6. The maximum Gasteiger partial charge on any atom is 0.356 e. The van der Waals surface area contributed by atoms with Crippen molar-refractivity contribution < 1.29 is 4.92 Å². The first-order chi connectivity index (χ1) is 10.1. The molecule has 3 aromatic heterocycles. The molecule has 0 N–H and O–H groups in total. The Kier molecular flexibility index (Phi) is 2.94. The number of hydrogen-bond donors (Lipinski definition) is 0. The first-order valence-corrected chi connectivity index (χ1v) is 6.09. The number of nitro groups is 1. The summed E-state index contributed by atoms with van der Waals surface area (Å²) in [4.78, 5) is 22.9. The van der Waals surface area contributed by atoms with Crippen molar-refractivity contribution in [2.45, 2.75) is 13.8 Å². The molecule has 0 aliphatic heterocycles. The summed E-state index contributed by atoms with van der Waals surface area (Å²) < 4.78 is 2.91. The Morgan fingerprint density at radius 3 is 2.57 bits per heavy atom. The van der Waals surface area contributed by atoms with Crippen LogP contribution in [0.2, 0.25) is 0 Å². The van der Waals surface area contributed by atoms with E-state index in [1.165, 1.54) is 28.1 Å². The summed E-state index contributed by atoms with van der Waals surface area (Å²) in [5.74, 6) is 0.277. The van der Waals surface area contributed by atoms with Crippen LogP contribution in [-0.2, 0) is 0 Å². The van der Waals surface area contributed by atoms with E-state index in [1.807, 2.05) is 19.9 Å². The minimum absolute atomic E-state index is 0.129. The van der Waals surface area contributed by atoms with Gasteiger partial charge in [0.15, 0.2) is 0 Å². The molecule has 21 heavy (non-hydrogen) atoms. The van der Waals surface area contributed by atoms with E-state index in [9.17, 15) is 10.1 Å². The van der Waals surface area contributed by atoms with Crippen LogP contribution in [0.3, 0.4) is 0 Å². The molecule has 0 bridgehead atoms. The second-order valence-corrected chi connectivity index (χ2v) is 4.44. The van der Waals surface area contributed by atoms with Crippen LogP contribution in [-0.4, -0.2) is 34.2 Å². The van der Waals surface area contributed by atoms with Crippen molar-refractivity contribution in [1.29, 1.82) is 0 Å². The van der Waals surface area contributed by atoms with E-state index >= 15 is 0 Å². The Bertz CT molecular complexity index is 807. The van der Waals surface area contributed by atoms with Gasteiger partial charge in [0.2, 0.25) is 11.6 Å². The molecule has 3 rings (SSSR count). The lowest BCUT2D eigenvalue weighted by Gasteiger charge is -2.07. The molecule has 0 radical (unpaired) electrons. The molecule has 9 heteroatoms. The van der Waals surface area contributed by atoms with Crippen molar-refractivity contribution in [3.8, 4) is 11.6 Å². The minimum Gasteiger partial charge on any atom is -0.285 e. The lowest BCUT2D eigenvalue weighted by molar-refractivity contribution is -0.385. The highest BCUT2D eigenvalue weighted by Crippen LogP contribution is 2.27. The summed E-state index contributed by atoms with van der Waals surface area (Å²) in [5.41, 5.74) is 1.29. The SMILES string of the molecule is Cc1cc(C)n(-c2ncnc(-n3ccnc3)c2[N+](=O)[O-])n1. The van der Waals surface area contributed by atoms with Gasteiger partial charge in [-0.1, -0.05) is 0 Å². The van der Waals surface area contributed by atoms with Crippen LogP contribution in [0.25, 0.3) is 11.6 Å². The van der Waals surface area contributed by atoms with Crippen molar-refractivity contribution in [3.63, 3.8) is 0 Å². The number of aryl methyl sites for hydroxylation is 2. The molecule has 0 saturated carbocycles. The molecule has 0 fully saturated rings. The molecule has 0 spiro atoms. The Hall–Kier alpha value is -3.10. The predicted octanol–water partition coefficient (Wildman–Crippen LogP) is 1.37. The normalized spacial score (nSPS) is 10.8. The minimum atomic E-state index is -0.513. The van der Waals surface area contributed by atoms with Crippen molar-refractivity contribution in [3.05, 3.63) is 52.6 Å². The van der Waals surface area contributed by atoms with Crippen LogP contribution in [0.15, 0.2) is 31.1 Å². The zero-order chi connectivity index (χ0) is 15.0. The molecule has 0 unspecified atom stereocenters. The van der Waals surface area contributed by atoms with E-state index in [-0.39, 0.29) is 17.3 Å². The number of rotatable bonds is 3. The van der Waals surface area contributed by atoms with Crippen molar-refractivity contribution in [2.75, 3.05) is 0 Å². The number of aromatic nitrogens is 6. The smallest absolute Gasteiger partial charge is 0.285 e. The predicted molar refractivity (Wildman–Crippen MR) is 72.4 cm³/mol. The van der Waals surface area contributed by atoms with Crippen LogP contribution < -0.4 is 0 Å². The first kappa shape index (κ1) is 12.9. The topological polar surface area (TPSA) is 105 Å². The molecule has 9 nitrogen and oxygen atoms in total. The number of nitrogens with zero attached hydrogens (tertiary/aromatic N) is 7. The molecule has 0 amide bonds. The van der Waals surface area contributed by atoms with Gasteiger partial charge >= 0.3 is 5.69 Å². The van der Waals surface area contributed by atoms with E-state index in [0.29, 0.717) is 0 Å². The van der Waals surface area contributed by atoms with Crippen LogP contribution in [0, 0.1) is 24.0 Å². The van der Waals surface area contributed by atoms with Gasteiger partial charge in [-0.15, -0.1) is 0 Å². The molecule has 0 aliphatic carbocycles. The average Bonchev–Trinajstić information content (AvgIpc) is 3.07. The Balaban J connectivity index is 2.29. The highest BCUT2D eigenvalue weighted by Gasteiger charge is 2.26. The van der Waals surface area contributed by atoms with E-state index in [1.54, 1.807) is 6.20 Å². The third-order valence-corrected chi connectivity index (χ3v) is 2.93. The van der Waals surface area contributed by atoms with Crippen molar-refractivity contribution in [2.24, 2.45) is 0 Å². The zero-order valence-corrected chi connectivity index (χ0v) is 11.3. The molecule has 0 aromatic carbocycles. The fourth-order valence-electron chi connectivity index (χ4n) is 2.10. The summed E-state index contributed by atoms with van der Waals surface area (Å²) in [6.45, 7) is 3.62. The van der Waals surface area contributed by atoms with Crippen molar-refractivity contribution >= 4 is 5.69 Å². The maximum atomic E-state index is 11.5. The van der Waals surface area contributed by atoms with E-state index in [0.717, 1.165) is 11.4 Å². The fraction of sp³-hybridized carbons (Fsp3) is 0.167. The Labute approximate surface area is 119 Å². The monoisotopic (exact) mass is 285 g/mol. The molecule has 106 valence electrons. The summed E-state index contributed by atoms with van der Waals surface area (Å²) >= 11 is 0. The van der Waals surface area contributed by atoms with Gasteiger partial charge in [-0.05, 0) is 19.9 Å². The van der Waals surface area contributed by atoms with Gasteiger partial charge in [0, 0.05) is 18.1 Å². The highest BCUT2D eigenvalue weighted by molar-refractivity contribution is 5.57. The molecule has 0 saturated heterocycles. The van der Waals surface area contributed by atoms with Gasteiger partial charge in [0.1, 0.15) is 12.7 Å². The van der Waals surface area contributed by atoms with E-state index in [2.05, 4.69) is 20.1 Å². The molecular formula is C12H11N7O2. The molecule has 0 aliphatic rings. The van der Waals surface area contributed by atoms with Gasteiger partial charge < -0.3 is 0 Å². The van der Waals surface area contributed by atoms with Crippen LogP contribution in [0.4, 0.5) is 5.69 Å². The van der Waals surface area contributed by atoms with Gasteiger partial charge in [0.25, 0.3) is 0 Å². The van der Waals surface area contributed by atoms with Crippen LogP contribution >= 0.6 is 0 Å². The highest BCUT2D eigenvalue weighted by atomic mass is 16.6. The van der Waals surface area contributed by atoms with Crippen molar-refractivity contribution in [1.82, 2.24) is 29.3 Å². The largest absolute Gasteiger partial charge is 0.356 e. The lowest BCUT2D eigenvalue weighted by Crippen LogP contribution is -2.10. The van der Waals surface area contributed by atoms with Crippen LogP contribution in [0.1, 0.15) is 11.4 Å². The van der Waals surface area contributed by atoms with E-state index in [4.69, 9.17) is 0 Å². The summed E-state index contributed by atoms with van der Waals surface area (Å²) in [7, 11) is 0. The quantitative estimate of drug-likeness (QED) is 0.531. The average molecular weight is 285 g/mol. The van der Waals surface area contributed by atoms with Gasteiger partial charge in [-0.3, -0.25) is 14.7 Å². The van der Waals surface area contributed by atoms with Gasteiger partial charge in [-0.25, -0.2) is 19.6 Å². The second-order valence-electron chi connectivity index (χ2n) is 4.44. The van der Waals surface area contributed by atoms with Gasteiger partial charge in [-0.2, -0.15) is 5.10 Å². The molecule has 3 aromatic rings. The molecule has 3 heterocycles. The fourth-order valence-corrected chi connectivity index (χ4v) is 2.10.